The molecule has 1 amide bonds. The number of hydrogen-bond acceptors (Lipinski definition) is 3. The second-order valence-electron chi connectivity index (χ2n) is 11.4. The Hall–Kier alpha value is -2.87. The standard InChI is InChI=1S/C22H36N2O.C8H12O2.C2H6.C2H2/c1-22(2,3)18-12-14-19(15-13-18)24(4)21(25)20(23)16-11-17-9-7-5-6-8-10-17;1-6(2)4-5-7(3)8(9)10;2*1-2/h5-7,9,17-19,23H,8,10-16H2,1-4H3;4-5H,1-3H3,(H,9,10);1-2H3;1-2H/b;7-5+;;. The van der Waals surface area contributed by atoms with Gasteiger partial charge in [0.15, 0.2) is 0 Å². The summed E-state index contributed by atoms with van der Waals surface area (Å²) < 4.78 is 0. The summed E-state index contributed by atoms with van der Waals surface area (Å²) in [6, 6.07) is 0.313. The Labute approximate surface area is 240 Å². The lowest BCUT2D eigenvalue weighted by atomic mass is 9.71. The molecular weight excluding hydrogens is 484 g/mol. The first-order chi connectivity index (χ1) is 18.3. The lowest BCUT2D eigenvalue weighted by Gasteiger charge is -2.40. The van der Waals surface area contributed by atoms with Crippen LogP contribution in [0.15, 0.2) is 47.6 Å². The summed E-state index contributed by atoms with van der Waals surface area (Å²) in [4.78, 5) is 24.7. The minimum atomic E-state index is -0.863. The fraction of sp³-hybridized carbons (Fsp3) is 0.618. The SMILES string of the molecule is C#C.CC.CC(C)=C/C=C(\C)C(=O)O.CN(C(=O)C(=N)CCC1C=CC=CCC1)C1CCC(C(C)(C)C)CC1. The smallest absolute Gasteiger partial charge is 0.331 e. The number of hydrogen-bond donors (Lipinski definition) is 2. The van der Waals surface area contributed by atoms with Gasteiger partial charge < -0.3 is 10.0 Å². The van der Waals surface area contributed by atoms with E-state index in [2.05, 4.69) is 57.9 Å². The van der Waals surface area contributed by atoms with E-state index in [1.54, 1.807) is 19.1 Å². The third kappa shape index (κ3) is 16.6. The zero-order valence-corrected chi connectivity index (χ0v) is 26.2. The van der Waals surface area contributed by atoms with Crippen LogP contribution in [0, 0.1) is 35.5 Å². The molecule has 2 N–H and O–H groups in total. The van der Waals surface area contributed by atoms with Gasteiger partial charge in [-0.05, 0) is 89.4 Å². The second kappa shape index (κ2) is 21.0. The minimum Gasteiger partial charge on any atom is -0.478 e. The van der Waals surface area contributed by atoms with Crippen LogP contribution < -0.4 is 0 Å². The summed E-state index contributed by atoms with van der Waals surface area (Å²) in [7, 11) is 1.90. The summed E-state index contributed by atoms with van der Waals surface area (Å²) in [6.45, 7) is 16.4. The van der Waals surface area contributed by atoms with Gasteiger partial charge in [-0.25, -0.2) is 4.79 Å². The molecule has 5 nitrogen and oxygen atoms in total. The van der Waals surface area contributed by atoms with Crippen LogP contribution in [-0.4, -0.2) is 40.7 Å². The molecule has 1 fully saturated rings. The highest BCUT2D eigenvalue weighted by Crippen LogP contribution is 2.38. The Kier molecular flexibility index (Phi) is 20.6. The van der Waals surface area contributed by atoms with Crippen molar-refractivity contribution in [1.82, 2.24) is 4.90 Å². The number of carboxylic acids is 1. The van der Waals surface area contributed by atoms with Crippen molar-refractivity contribution in [3.05, 3.63) is 47.6 Å². The van der Waals surface area contributed by atoms with Crippen LogP contribution in [0.5, 0.6) is 0 Å². The highest BCUT2D eigenvalue weighted by Gasteiger charge is 2.32. The maximum atomic E-state index is 12.6. The fourth-order valence-corrected chi connectivity index (χ4v) is 4.55. The van der Waals surface area contributed by atoms with E-state index < -0.39 is 5.97 Å². The van der Waals surface area contributed by atoms with Crippen molar-refractivity contribution in [2.45, 2.75) is 113 Å². The van der Waals surface area contributed by atoms with Gasteiger partial charge in [0.1, 0.15) is 0 Å². The van der Waals surface area contributed by atoms with Gasteiger partial charge in [0.05, 0.1) is 5.71 Å². The number of carboxylic acid groups (broad SMARTS) is 1. The van der Waals surface area contributed by atoms with Gasteiger partial charge in [-0.15, -0.1) is 12.8 Å². The Morgan fingerprint density at radius 3 is 2.05 bits per heavy atom. The summed E-state index contributed by atoms with van der Waals surface area (Å²) >= 11 is 0. The quantitative estimate of drug-likeness (QED) is 0.147. The number of carbonyl (C=O) groups excluding carboxylic acids is 1. The maximum absolute atomic E-state index is 12.6. The zero-order valence-electron chi connectivity index (χ0n) is 26.2. The van der Waals surface area contributed by atoms with Gasteiger partial charge in [0, 0.05) is 18.7 Å². The molecule has 0 spiro atoms. The molecule has 0 aromatic rings. The van der Waals surface area contributed by atoms with Crippen LogP contribution in [0.4, 0.5) is 0 Å². The van der Waals surface area contributed by atoms with Crippen LogP contribution in [0.3, 0.4) is 0 Å². The van der Waals surface area contributed by atoms with Crippen molar-refractivity contribution in [1.29, 1.82) is 5.41 Å². The molecule has 1 saturated carbocycles. The lowest BCUT2D eigenvalue weighted by molar-refractivity contribution is -0.132. The van der Waals surface area contributed by atoms with E-state index in [1.807, 2.05) is 39.6 Å². The van der Waals surface area contributed by atoms with Gasteiger partial charge in [-0.1, -0.05) is 76.6 Å². The highest BCUT2D eigenvalue weighted by molar-refractivity contribution is 6.37. The van der Waals surface area contributed by atoms with E-state index in [4.69, 9.17) is 10.5 Å². The molecule has 1 unspecified atom stereocenters. The molecule has 0 aromatic carbocycles. The molecular formula is C34H56N2O3. The number of rotatable bonds is 7. The number of terminal acetylenes is 1. The number of carbonyl (C=O) groups is 2. The average Bonchev–Trinajstić information content (AvgIpc) is 3.20. The molecule has 39 heavy (non-hydrogen) atoms. The molecule has 2 aliphatic rings. The summed E-state index contributed by atoms with van der Waals surface area (Å²) in [5.74, 6) is 0.324. The number of amides is 1. The van der Waals surface area contributed by atoms with E-state index in [9.17, 15) is 9.59 Å². The summed E-state index contributed by atoms with van der Waals surface area (Å²) in [5.41, 5.74) is 2.11. The number of allylic oxidation sites excluding steroid dienone is 7. The molecule has 2 aliphatic carbocycles. The molecule has 1 atom stereocenters. The van der Waals surface area contributed by atoms with E-state index in [1.165, 1.54) is 12.8 Å². The first-order valence-electron chi connectivity index (χ1n) is 14.4. The van der Waals surface area contributed by atoms with Crippen molar-refractivity contribution in [3.63, 3.8) is 0 Å². The van der Waals surface area contributed by atoms with Gasteiger partial charge in [-0.2, -0.15) is 0 Å². The van der Waals surface area contributed by atoms with E-state index >= 15 is 0 Å². The highest BCUT2D eigenvalue weighted by atomic mass is 16.4. The molecule has 0 radical (unpaired) electrons. The monoisotopic (exact) mass is 540 g/mol. The van der Waals surface area contributed by atoms with Crippen molar-refractivity contribution in [2.24, 2.45) is 17.3 Å². The second-order valence-corrected chi connectivity index (χ2v) is 11.4. The van der Waals surface area contributed by atoms with Crippen molar-refractivity contribution in [3.8, 4) is 12.8 Å². The van der Waals surface area contributed by atoms with Gasteiger partial charge >= 0.3 is 5.97 Å². The molecule has 220 valence electrons. The molecule has 5 heteroatoms. The number of nitrogens with one attached hydrogen (secondary N) is 1. The van der Waals surface area contributed by atoms with Gasteiger partial charge in [0.2, 0.25) is 0 Å². The topological polar surface area (TPSA) is 81.5 Å². The Bertz CT molecular complexity index is 872. The van der Waals surface area contributed by atoms with E-state index in [0.29, 0.717) is 29.4 Å². The molecule has 0 saturated heterocycles. The zero-order chi connectivity index (χ0) is 30.6. The minimum absolute atomic E-state index is 0.0602. The largest absolute Gasteiger partial charge is 0.478 e. The Balaban J connectivity index is 0. The molecule has 2 rings (SSSR count). The van der Waals surface area contributed by atoms with E-state index in [0.717, 1.165) is 43.6 Å². The maximum Gasteiger partial charge on any atom is 0.331 e. The van der Waals surface area contributed by atoms with Crippen LogP contribution in [0.25, 0.3) is 0 Å². The molecule has 0 heterocycles. The third-order valence-corrected chi connectivity index (χ3v) is 7.15. The molecule has 0 aromatic heterocycles. The lowest BCUT2D eigenvalue weighted by Crippen LogP contribution is -2.43. The number of nitrogens with zero attached hydrogens (tertiary/aromatic N) is 1. The predicted molar refractivity (Wildman–Crippen MR) is 168 cm³/mol. The molecule has 0 aliphatic heterocycles. The van der Waals surface area contributed by atoms with Crippen LogP contribution in [-0.2, 0) is 9.59 Å². The average molecular weight is 541 g/mol. The fourth-order valence-electron chi connectivity index (χ4n) is 4.55. The van der Waals surface area contributed by atoms with Crippen molar-refractivity contribution >= 4 is 17.6 Å². The third-order valence-electron chi connectivity index (χ3n) is 7.15. The van der Waals surface area contributed by atoms with Crippen LogP contribution in [0.2, 0.25) is 0 Å². The number of aliphatic carboxylic acids is 1. The first-order valence-corrected chi connectivity index (χ1v) is 14.4. The van der Waals surface area contributed by atoms with Crippen molar-refractivity contribution < 1.29 is 14.7 Å². The van der Waals surface area contributed by atoms with Gasteiger partial charge in [0.25, 0.3) is 5.91 Å². The van der Waals surface area contributed by atoms with Crippen LogP contribution in [0.1, 0.15) is 107 Å². The summed E-state index contributed by atoms with van der Waals surface area (Å²) in [6.07, 6.45) is 28.2. The summed E-state index contributed by atoms with van der Waals surface area (Å²) in [5, 5.41) is 16.6. The Morgan fingerprint density at radius 1 is 1.00 bits per heavy atom. The Morgan fingerprint density at radius 2 is 1.56 bits per heavy atom. The first kappa shape index (κ1) is 38.3. The molecule has 0 bridgehead atoms. The van der Waals surface area contributed by atoms with Crippen LogP contribution >= 0.6 is 0 Å². The predicted octanol–water partition coefficient (Wildman–Crippen LogP) is 8.63. The van der Waals surface area contributed by atoms with Gasteiger partial charge in [-0.3, -0.25) is 10.2 Å². The normalized spacial score (nSPS) is 20.3. The van der Waals surface area contributed by atoms with E-state index in [-0.39, 0.29) is 11.6 Å². The van der Waals surface area contributed by atoms with Crippen molar-refractivity contribution in [2.75, 3.05) is 7.05 Å².